The Kier molecular flexibility index (Phi) is 3.71. The zero-order valence-electron chi connectivity index (χ0n) is 8.09. The number of benzene rings is 1. The Bertz CT molecular complexity index is 530. The molecular weight excluding hydrogens is 268 g/mol. The topological polar surface area (TPSA) is 60.4 Å². The average molecular weight is 272 g/mol. The van der Waals surface area contributed by atoms with Gasteiger partial charge in [0.2, 0.25) is 17.4 Å². The maximum absolute atomic E-state index is 13.1. The molecule has 0 saturated heterocycles. The van der Waals surface area contributed by atoms with Gasteiger partial charge in [0.05, 0.1) is 0 Å². The van der Waals surface area contributed by atoms with E-state index in [0.29, 0.717) is 0 Å². The summed E-state index contributed by atoms with van der Waals surface area (Å²) < 4.78 is 77.0. The lowest BCUT2D eigenvalue weighted by Gasteiger charge is -2.07. The first-order chi connectivity index (χ1) is 7.77. The first-order valence-electron chi connectivity index (χ1n) is 3.96. The Morgan fingerprint density at radius 3 is 1.71 bits per heavy atom. The van der Waals surface area contributed by atoms with Gasteiger partial charge in [-0.3, -0.25) is 4.79 Å². The van der Waals surface area contributed by atoms with Crippen molar-refractivity contribution in [2.75, 3.05) is 0 Å². The Balaban J connectivity index is 3.63. The summed E-state index contributed by atoms with van der Waals surface area (Å²) in [6.07, 6.45) is 0. The van der Waals surface area contributed by atoms with Crippen molar-refractivity contribution in [3.63, 3.8) is 0 Å². The number of ether oxygens (including phenoxy) is 1. The van der Waals surface area contributed by atoms with Gasteiger partial charge in [-0.15, -0.1) is 0 Å². The highest BCUT2D eigenvalue weighted by atomic mass is 32.2. The van der Waals surface area contributed by atoms with E-state index in [1.54, 1.807) is 0 Å². The third-order valence-electron chi connectivity index (χ3n) is 1.63. The molecule has 1 aromatic rings. The Hall–Kier alpha value is -1.64. The molecule has 0 unspecified atom stereocenters. The van der Waals surface area contributed by atoms with Crippen LogP contribution in [-0.2, 0) is 15.5 Å². The van der Waals surface area contributed by atoms with Crippen molar-refractivity contribution in [1.82, 2.24) is 0 Å². The van der Waals surface area contributed by atoms with Gasteiger partial charge < -0.3 is 4.74 Å². The third-order valence-corrected chi connectivity index (χ3v) is 2.39. The highest BCUT2D eigenvalue weighted by molar-refractivity contribution is 7.72. The summed E-state index contributed by atoms with van der Waals surface area (Å²) in [5, 5.41) is 0. The number of thiol groups is 1. The molecule has 0 saturated carbocycles. The van der Waals surface area contributed by atoms with E-state index in [9.17, 15) is 30.8 Å². The molecule has 4 nitrogen and oxygen atoms in total. The lowest BCUT2D eigenvalue weighted by atomic mass is 10.3. The summed E-state index contributed by atoms with van der Waals surface area (Å²) in [6, 6.07) is 0. The van der Waals surface area contributed by atoms with Crippen LogP contribution in [0.5, 0.6) is 5.75 Å². The van der Waals surface area contributed by atoms with Crippen LogP contribution < -0.4 is 4.74 Å². The predicted octanol–water partition coefficient (Wildman–Crippen LogP) is 1.14. The van der Waals surface area contributed by atoms with Crippen LogP contribution in [0.25, 0.3) is 0 Å². The molecule has 94 valence electrons. The molecule has 0 N–H and O–H groups in total. The molecular formula is C8H4F4O4S. The van der Waals surface area contributed by atoms with Crippen molar-refractivity contribution in [3.05, 3.63) is 23.3 Å². The monoisotopic (exact) mass is 272 g/mol. The molecule has 1 aromatic carbocycles. The van der Waals surface area contributed by atoms with Crippen molar-refractivity contribution in [1.29, 1.82) is 0 Å². The minimum absolute atomic E-state index is 0.747. The SMILES string of the molecule is CC(=O)Oc1c(F)c(F)c([SH](=O)=O)c(F)c1F. The number of hydrogen-bond acceptors (Lipinski definition) is 4. The van der Waals surface area contributed by atoms with E-state index in [0.717, 1.165) is 6.92 Å². The molecule has 0 aliphatic rings. The van der Waals surface area contributed by atoms with Crippen molar-refractivity contribution in [2.45, 2.75) is 11.8 Å². The van der Waals surface area contributed by atoms with Gasteiger partial charge in [-0.1, -0.05) is 0 Å². The fraction of sp³-hybridized carbons (Fsp3) is 0.125. The number of hydrogen-bond donors (Lipinski definition) is 1. The maximum Gasteiger partial charge on any atom is 0.308 e. The van der Waals surface area contributed by atoms with Crippen LogP contribution in [0.1, 0.15) is 6.92 Å². The summed E-state index contributed by atoms with van der Waals surface area (Å²) in [5.74, 6) is -11.3. The van der Waals surface area contributed by atoms with Gasteiger partial charge in [-0.2, -0.15) is 8.78 Å². The van der Waals surface area contributed by atoms with E-state index in [1.807, 2.05) is 0 Å². The molecule has 9 heteroatoms. The first kappa shape index (κ1) is 13.4. The zero-order valence-corrected chi connectivity index (χ0v) is 8.99. The fourth-order valence-electron chi connectivity index (χ4n) is 0.994. The third kappa shape index (κ3) is 2.38. The molecule has 0 spiro atoms. The van der Waals surface area contributed by atoms with Gasteiger partial charge >= 0.3 is 5.97 Å². The molecule has 0 fully saturated rings. The number of carbonyl (C=O) groups excluding carboxylic acids is 1. The summed E-state index contributed by atoms with van der Waals surface area (Å²) in [6.45, 7) is 0.747. The van der Waals surface area contributed by atoms with E-state index < -0.39 is 50.6 Å². The smallest absolute Gasteiger partial charge is 0.308 e. The highest BCUT2D eigenvalue weighted by Gasteiger charge is 2.28. The normalized spacial score (nSPS) is 10.7. The van der Waals surface area contributed by atoms with Crippen LogP contribution in [-0.4, -0.2) is 14.4 Å². The molecule has 0 aliphatic heterocycles. The van der Waals surface area contributed by atoms with Gasteiger partial charge in [0.1, 0.15) is 4.90 Å². The quantitative estimate of drug-likeness (QED) is 0.288. The molecule has 0 bridgehead atoms. The van der Waals surface area contributed by atoms with Gasteiger partial charge in [0, 0.05) is 6.92 Å². The van der Waals surface area contributed by atoms with Crippen LogP contribution in [0.2, 0.25) is 0 Å². The molecule has 0 heterocycles. The predicted molar refractivity (Wildman–Crippen MR) is 46.2 cm³/mol. The molecule has 0 radical (unpaired) electrons. The van der Waals surface area contributed by atoms with Crippen molar-refractivity contribution >= 4 is 16.7 Å². The van der Waals surface area contributed by atoms with E-state index in [1.165, 1.54) is 0 Å². The van der Waals surface area contributed by atoms with E-state index in [4.69, 9.17) is 0 Å². The largest absolute Gasteiger partial charge is 0.420 e. The lowest BCUT2D eigenvalue weighted by Crippen LogP contribution is -2.10. The Morgan fingerprint density at radius 1 is 1.00 bits per heavy atom. The lowest BCUT2D eigenvalue weighted by molar-refractivity contribution is -0.132. The standard InChI is InChI=1S/C8H4F4O4S/c1-2(13)16-7-3(9)5(11)8(17(14)15)6(12)4(7)10/h17H,1H3. The van der Waals surface area contributed by atoms with E-state index >= 15 is 0 Å². The number of carbonyl (C=O) groups is 1. The maximum atomic E-state index is 13.1. The number of halogens is 4. The Labute approximate surface area is 93.8 Å². The van der Waals surface area contributed by atoms with E-state index in [-0.39, 0.29) is 0 Å². The molecule has 1 rings (SSSR count). The number of esters is 1. The molecule has 0 atom stereocenters. The first-order valence-corrected chi connectivity index (χ1v) is 5.13. The van der Waals surface area contributed by atoms with Crippen LogP contribution in [0.15, 0.2) is 4.90 Å². The fourth-order valence-corrected chi connectivity index (χ4v) is 1.51. The van der Waals surface area contributed by atoms with Crippen LogP contribution in [0.4, 0.5) is 17.6 Å². The molecule has 0 amide bonds. The summed E-state index contributed by atoms with van der Waals surface area (Å²) >= 11 is 0. The van der Waals surface area contributed by atoms with Gasteiger partial charge in [0.25, 0.3) is 0 Å². The minimum Gasteiger partial charge on any atom is -0.420 e. The zero-order chi connectivity index (χ0) is 13.3. The second-order valence-corrected chi connectivity index (χ2v) is 3.75. The minimum atomic E-state index is -3.87. The van der Waals surface area contributed by atoms with Crippen molar-refractivity contribution < 1.29 is 35.5 Å². The molecule has 0 aromatic heterocycles. The average Bonchev–Trinajstić information content (AvgIpc) is 2.21. The summed E-state index contributed by atoms with van der Waals surface area (Å²) in [7, 11) is -3.87. The Morgan fingerprint density at radius 2 is 1.41 bits per heavy atom. The van der Waals surface area contributed by atoms with Crippen LogP contribution in [0, 0.1) is 23.3 Å². The highest BCUT2D eigenvalue weighted by Crippen LogP contribution is 2.30. The second kappa shape index (κ2) is 4.70. The van der Waals surface area contributed by atoms with E-state index in [2.05, 4.69) is 4.74 Å². The van der Waals surface area contributed by atoms with Gasteiger partial charge in [-0.25, -0.2) is 17.2 Å². The van der Waals surface area contributed by atoms with Crippen LogP contribution in [0.3, 0.4) is 0 Å². The summed E-state index contributed by atoms with van der Waals surface area (Å²) in [4.78, 5) is 8.68. The van der Waals surface area contributed by atoms with Crippen molar-refractivity contribution in [3.8, 4) is 5.75 Å². The number of rotatable bonds is 2. The molecule has 17 heavy (non-hydrogen) atoms. The van der Waals surface area contributed by atoms with Crippen LogP contribution >= 0.6 is 0 Å². The molecule has 0 aliphatic carbocycles. The second-order valence-electron chi connectivity index (χ2n) is 2.78. The summed E-state index contributed by atoms with van der Waals surface area (Å²) in [5.41, 5.74) is 0. The van der Waals surface area contributed by atoms with Gasteiger partial charge in [0.15, 0.2) is 22.3 Å². The van der Waals surface area contributed by atoms with Crippen molar-refractivity contribution in [2.24, 2.45) is 0 Å². The van der Waals surface area contributed by atoms with Gasteiger partial charge in [-0.05, 0) is 0 Å².